The molecular formula is C22H24Cl2N2O3. The number of halogens is 2. The SMILES string of the molecule is Cc1cccc(OCC(=O)N2CCC(NC(=O)c3ccc(Cl)c(Cl)c3)CC2)c1C. The molecule has 0 radical (unpaired) electrons. The first-order valence-corrected chi connectivity index (χ1v) is 10.3. The Kier molecular flexibility index (Phi) is 7.04. The Morgan fingerprint density at radius 1 is 1.10 bits per heavy atom. The maximum absolute atomic E-state index is 12.5. The average Bonchev–Trinajstić information content (AvgIpc) is 2.71. The lowest BCUT2D eigenvalue weighted by Crippen LogP contribution is -2.47. The largest absolute Gasteiger partial charge is 0.483 e. The van der Waals surface area contributed by atoms with E-state index in [9.17, 15) is 9.59 Å². The lowest BCUT2D eigenvalue weighted by molar-refractivity contribution is -0.134. The molecule has 1 aliphatic heterocycles. The van der Waals surface area contributed by atoms with Crippen LogP contribution in [0, 0.1) is 13.8 Å². The van der Waals surface area contributed by atoms with Gasteiger partial charge in [-0.1, -0.05) is 35.3 Å². The molecule has 0 spiro atoms. The Balaban J connectivity index is 1.47. The van der Waals surface area contributed by atoms with Gasteiger partial charge in [-0.05, 0) is 62.1 Å². The quantitative estimate of drug-likeness (QED) is 0.757. The third-order valence-electron chi connectivity index (χ3n) is 5.27. The Labute approximate surface area is 180 Å². The van der Waals surface area contributed by atoms with Crippen molar-refractivity contribution in [2.45, 2.75) is 32.7 Å². The van der Waals surface area contributed by atoms with Crippen LogP contribution in [0.2, 0.25) is 10.0 Å². The normalized spacial score (nSPS) is 14.6. The van der Waals surface area contributed by atoms with Crippen LogP contribution < -0.4 is 10.1 Å². The maximum atomic E-state index is 12.5. The van der Waals surface area contributed by atoms with Gasteiger partial charge in [-0.25, -0.2) is 0 Å². The number of amides is 2. The van der Waals surface area contributed by atoms with E-state index in [2.05, 4.69) is 5.32 Å². The zero-order chi connectivity index (χ0) is 21.0. The Bertz CT molecular complexity index is 909. The predicted molar refractivity (Wildman–Crippen MR) is 115 cm³/mol. The van der Waals surface area contributed by atoms with Crippen LogP contribution in [-0.2, 0) is 4.79 Å². The highest BCUT2D eigenvalue weighted by Crippen LogP contribution is 2.23. The van der Waals surface area contributed by atoms with Gasteiger partial charge in [0.1, 0.15) is 5.75 Å². The lowest BCUT2D eigenvalue weighted by atomic mass is 10.0. The lowest BCUT2D eigenvalue weighted by Gasteiger charge is -2.32. The predicted octanol–water partition coefficient (Wildman–Crippen LogP) is 4.41. The van der Waals surface area contributed by atoms with Crippen LogP contribution in [0.1, 0.15) is 34.3 Å². The molecule has 0 aromatic heterocycles. The number of likely N-dealkylation sites (tertiary alicyclic amines) is 1. The summed E-state index contributed by atoms with van der Waals surface area (Å²) in [6.45, 7) is 5.19. The van der Waals surface area contributed by atoms with E-state index in [-0.39, 0.29) is 24.5 Å². The first kappa shape index (κ1) is 21.5. The first-order valence-electron chi connectivity index (χ1n) is 9.58. The molecule has 7 heteroatoms. The van der Waals surface area contributed by atoms with Crippen LogP contribution in [0.4, 0.5) is 0 Å². The van der Waals surface area contributed by atoms with Crippen molar-refractivity contribution in [2.75, 3.05) is 19.7 Å². The molecule has 2 aromatic carbocycles. The summed E-state index contributed by atoms with van der Waals surface area (Å²) in [7, 11) is 0. The van der Waals surface area contributed by atoms with Gasteiger partial charge in [0.05, 0.1) is 10.0 Å². The molecule has 2 amide bonds. The highest BCUT2D eigenvalue weighted by atomic mass is 35.5. The van der Waals surface area contributed by atoms with Crippen molar-refractivity contribution in [1.29, 1.82) is 0 Å². The third kappa shape index (κ3) is 5.43. The molecule has 0 atom stereocenters. The van der Waals surface area contributed by atoms with Crippen molar-refractivity contribution >= 4 is 35.0 Å². The number of aryl methyl sites for hydroxylation is 1. The molecule has 5 nitrogen and oxygen atoms in total. The summed E-state index contributed by atoms with van der Waals surface area (Å²) in [5, 5.41) is 3.77. The van der Waals surface area contributed by atoms with E-state index in [1.807, 2.05) is 32.0 Å². The van der Waals surface area contributed by atoms with Gasteiger partial charge in [0.15, 0.2) is 6.61 Å². The number of hydrogen-bond acceptors (Lipinski definition) is 3. The summed E-state index contributed by atoms with van der Waals surface area (Å²) in [6, 6.07) is 10.6. The van der Waals surface area contributed by atoms with Crippen molar-refractivity contribution in [1.82, 2.24) is 10.2 Å². The Morgan fingerprint density at radius 3 is 2.52 bits per heavy atom. The standard InChI is InChI=1S/C22H24Cl2N2O3/c1-14-4-3-5-20(15(14)2)29-13-21(27)26-10-8-17(9-11-26)25-22(28)16-6-7-18(23)19(24)12-16/h3-7,12,17H,8-11,13H2,1-2H3,(H,25,28). The molecule has 0 bridgehead atoms. The van der Waals surface area contributed by atoms with E-state index in [1.54, 1.807) is 23.1 Å². The number of rotatable bonds is 5. The number of ether oxygens (including phenoxy) is 1. The van der Waals surface area contributed by atoms with E-state index in [0.29, 0.717) is 41.5 Å². The minimum absolute atomic E-state index is 0.0148. The summed E-state index contributed by atoms with van der Waals surface area (Å²) >= 11 is 11.9. The molecule has 0 unspecified atom stereocenters. The van der Waals surface area contributed by atoms with Crippen LogP contribution >= 0.6 is 23.2 Å². The fourth-order valence-electron chi connectivity index (χ4n) is 3.29. The van der Waals surface area contributed by atoms with Crippen molar-refractivity contribution in [3.8, 4) is 5.75 Å². The molecule has 29 heavy (non-hydrogen) atoms. The second-order valence-corrected chi connectivity index (χ2v) is 8.06. The fourth-order valence-corrected chi connectivity index (χ4v) is 3.59. The molecule has 3 rings (SSSR count). The van der Waals surface area contributed by atoms with Crippen molar-refractivity contribution in [2.24, 2.45) is 0 Å². The van der Waals surface area contributed by atoms with Crippen LogP contribution in [0.3, 0.4) is 0 Å². The van der Waals surface area contributed by atoms with Crippen LogP contribution in [0.15, 0.2) is 36.4 Å². The van der Waals surface area contributed by atoms with Gasteiger partial charge < -0.3 is 15.0 Å². The van der Waals surface area contributed by atoms with Crippen LogP contribution in [0.5, 0.6) is 5.75 Å². The fraction of sp³-hybridized carbons (Fsp3) is 0.364. The molecule has 1 saturated heterocycles. The van der Waals surface area contributed by atoms with Gasteiger partial charge in [-0.15, -0.1) is 0 Å². The van der Waals surface area contributed by atoms with E-state index in [1.165, 1.54) is 0 Å². The molecule has 0 aliphatic carbocycles. The van der Waals surface area contributed by atoms with Gasteiger partial charge in [-0.3, -0.25) is 9.59 Å². The molecule has 1 aliphatic rings. The van der Waals surface area contributed by atoms with E-state index in [4.69, 9.17) is 27.9 Å². The van der Waals surface area contributed by atoms with Crippen LogP contribution in [-0.4, -0.2) is 42.5 Å². The number of hydrogen-bond donors (Lipinski definition) is 1. The van der Waals surface area contributed by atoms with Gasteiger partial charge in [-0.2, -0.15) is 0 Å². The summed E-state index contributed by atoms with van der Waals surface area (Å²) in [6.07, 6.45) is 1.39. The van der Waals surface area contributed by atoms with Gasteiger partial charge in [0.25, 0.3) is 11.8 Å². The average molecular weight is 435 g/mol. The van der Waals surface area contributed by atoms with E-state index < -0.39 is 0 Å². The molecule has 1 heterocycles. The topological polar surface area (TPSA) is 58.6 Å². The van der Waals surface area contributed by atoms with Gasteiger partial charge in [0.2, 0.25) is 0 Å². The summed E-state index contributed by atoms with van der Waals surface area (Å²) in [5.41, 5.74) is 2.65. The highest BCUT2D eigenvalue weighted by molar-refractivity contribution is 6.42. The summed E-state index contributed by atoms with van der Waals surface area (Å²) < 4.78 is 5.72. The number of carbonyl (C=O) groups is 2. The Morgan fingerprint density at radius 2 is 1.83 bits per heavy atom. The molecular weight excluding hydrogens is 411 g/mol. The highest BCUT2D eigenvalue weighted by Gasteiger charge is 2.24. The number of nitrogens with zero attached hydrogens (tertiary/aromatic N) is 1. The minimum atomic E-state index is -0.188. The van der Waals surface area contributed by atoms with E-state index >= 15 is 0 Å². The molecule has 2 aromatic rings. The monoisotopic (exact) mass is 434 g/mol. The van der Waals surface area contributed by atoms with Crippen molar-refractivity contribution < 1.29 is 14.3 Å². The number of benzene rings is 2. The number of nitrogens with one attached hydrogen (secondary N) is 1. The minimum Gasteiger partial charge on any atom is -0.483 e. The second-order valence-electron chi connectivity index (χ2n) is 7.24. The molecule has 154 valence electrons. The summed E-state index contributed by atoms with van der Waals surface area (Å²) in [4.78, 5) is 26.7. The smallest absolute Gasteiger partial charge is 0.260 e. The Hall–Kier alpha value is -2.24. The van der Waals surface area contributed by atoms with Gasteiger partial charge >= 0.3 is 0 Å². The van der Waals surface area contributed by atoms with E-state index in [0.717, 1.165) is 16.9 Å². The maximum Gasteiger partial charge on any atom is 0.260 e. The molecule has 1 N–H and O–H groups in total. The zero-order valence-corrected chi connectivity index (χ0v) is 18.0. The third-order valence-corrected chi connectivity index (χ3v) is 6.01. The number of piperidine rings is 1. The molecule has 1 fully saturated rings. The first-order chi connectivity index (χ1) is 13.8. The van der Waals surface area contributed by atoms with Crippen LogP contribution in [0.25, 0.3) is 0 Å². The van der Waals surface area contributed by atoms with Gasteiger partial charge in [0, 0.05) is 24.7 Å². The zero-order valence-electron chi connectivity index (χ0n) is 16.5. The summed E-state index contributed by atoms with van der Waals surface area (Å²) in [5.74, 6) is 0.508. The second kappa shape index (κ2) is 9.51. The molecule has 0 saturated carbocycles. The van der Waals surface area contributed by atoms with Crippen molar-refractivity contribution in [3.63, 3.8) is 0 Å². The van der Waals surface area contributed by atoms with Crippen molar-refractivity contribution in [3.05, 3.63) is 63.1 Å². The number of carbonyl (C=O) groups excluding carboxylic acids is 2.